The maximum atomic E-state index is 13.0. The number of piperidine rings is 1. The Bertz CT molecular complexity index is 776. The van der Waals surface area contributed by atoms with Gasteiger partial charge in [-0.15, -0.1) is 0 Å². The van der Waals surface area contributed by atoms with E-state index in [-0.39, 0.29) is 24.7 Å². The van der Waals surface area contributed by atoms with Gasteiger partial charge in [-0.05, 0) is 45.7 Å². The summed E-state index contributed by atoms with van der Waals surface area (Å²) in [5.74, 6) is -0.288. The topological polar surface area (TPSA) is 62.7 Å². The van der Waals surface area contributed by atoms with Gasteiger partial charge in [0.05, 0.1) is 5.56 Å². The Morgan fingerprint density at radius 3 is 2.61 bits per heavy atom. The van der Waals surface area contributed by atoms with Crippen LogP contribution in [0.4, 0.5) is 23.8 Å². The molecule has 1 atom stereocenters. The highest BCUT2D eigenvalue weighted by molar-refractivity contribution is 5.95. The maximum absolute atomic E-state index is 13.0. The Labute approximate surface area is 161 Å². The third kappa shape index (κ3) is 4.39. The summed E-state index contributed by atoms with van der Waals surface area (Å²) in [5.41, 5.74) is -1.96. The molecule has 0 radical (unpaired) electrons. The fourth-order valence-corrected chi connectivity index (χ4v) is 3.81. The van der Waals surface area contributed by atoms with E-state index >= 15 is 0 Å². The molecule has 1 aromatic rings. The van der Waals surface area contributed by atoms with Gasteiger partial charge in [0.1, 0.15) is 11.4 Å². The summed E-state index contributed by atoms with van der Waals surface area (Å²) in [6.07, 6.45) is -2.29. The molecule has 0 N–H and O–H groups in total. The summed E-state index contributed by atoms with van der Waals surface area (Å²) in [6.45, 7) is 6.45. The highest BCUT2D eigenvalue weighted by Gasteiger charge is 2.48. The third-order valence-corrected chi connectivity index (χ3v) is 4.98. The normalized spacial score (nSPS) is 23.4. The molecule has 0 saturated carbocycles. The molecule has 154 valence electrons. The van der Waals surface area contributed by atoms with E-state index in [1.807, 2.05) is 0 Å². The van der Waals surface area contributed by atoms with Gasteiger partial charge in [-0.2, -0.15) is 13.2 Å². The number of pyridine rings is 1. The van der Waals surface area contributed by atoms with Gasteiger partial charge in [-0.25, -0.2) is 9.78 Å². The fraction of sp³-hybridized carbons (Fsp3) is 0.632. The van der Waals surface area contributed by atoms with E-state index in [0.717, 1.165) is 18.3 Å². The van der Waals surface area contributed by atoms with Gasteiger partial charge < -0.3 is 9.64 Å². The number of anilines is 1. The van der Waals surface area contributed by atoms with Gasteiger partial charge in [0.2, 0.25) is 5.91 Å². The summed E-state index contributed by atoms with van der Waals surface area (Å²) >= 11 is 0. The minimum atomic E-state index is -4.50. The SMILES string of the molecule is CC(C)(C)OC(=O)N1CCCC2(CC(=O)N(c3cc(C(F)(F)F)ccn3)C2)C1. The first-order chi connectivity index (χ1) is 12.9. The van der Waals surface area contributed by atoms with Crippen molar-refractivity contribution in [3.05, 3.63) is 23.9 Å². The van der Waals surface area contributed by atoms with Crippen molar-refractivity contribution >= 4 is 17.8 Å². The summed E-state index contributed by atoms with van der Waals surface area (Å²) < 4.78 is 44.4. The van der Waals surface area contributed by atoms with Crippen molar-refractivity contribution in [2.45, 2.75) is 51.8 Å². The monoisotopic (exact) mass is 399 g/mol. The van der Waals surface area contributed by atoms with Gasteiger partial charge in [0.25, 0.3) is 0 Å². The molecule has 3 heterocycles. The molecule has 2 saturated heterocycles. The predicted octanol–water partition coefficient (Wildman–Crippen LogP) is 3.85. The number of alkyl halides is 3. The number of nitrogens with zero attached hydrogens (tertiary/aromatic N) is 3. The molecule has 28 heavy (non-hydrogen) atoms. The van der Waals surface area contributed by atoms with Gasteiger partial charge in [-0.3, -0.25) is 9.69 Å². The van der Waals surface area contributed by atoms with Crippen LogP contribution in [0.2, 0.25) is 0 Å². The number of likely N-dealkylation sites (tertiary alicyclic amines) is 1. The quantitative estimate of drug-likeness (QED) is 0.720. The summed E-state index contributed by atoms with van der Waals surface area (Å²) in [7, 11) is 0. The van der Waals surface area contributed by atoms with E-state index in [9.17, 15) is 22.8 Å². The zero-order chi connectivity index (χ0) is 20.7. The molecule has 1 aromatic heterocycles. The van der Waals surface area contributed by atoms with Crippen molar-refractivity contribution in [3.63, 3.8) is 0 Å². The van der Waals surface area contributed by atoms with E-state index in [0.29, 0.717) is 25.9 Å². The number of ether oxygens (including phenoxy) is 1. The molecule has 0 aliphatic carbocycles. The molecule has 0 bridgehead atoms. The second-order valence-electron chi connectivity index (χ2n) is 8.56. The first-order valence-electron chi connectivity index (χ1n) is 9.20. The van der Waals surface area contributed by atoms with E-state index in [4.69, 9.17) is 4.74 Å². The number of halogens is 3. The van der Waals surface area contributed by atoms with Crippen LogP contribution >= 0.6 is 0 Å². The second kappa shape index (κ2) is 6.93. The standard InChI is InChI=1S/C19H24F3N3O3/c1-17(2,3)28-16(27)24-8-4-6-18(11-24)10-15(26)25(12-18)14-9-13(5-7-23-14)19(20,21)22/h5,7,9H,4,6,8,10-12H2,1-3H3. The Morgan fingerprint density at radius 1 is 1.25 bits per heavy atom. The van der Waals surface area contributed by atoms with Gasteiger partial charge in [0, 0.05) is 37.7 Å². The number of amides is 2. The van der Waals surface area contributed by atoms with Crippen LogP contribution in [0.5, 0.6) is 0 Å². The van der Waals surface area contributed by atoms with Crippen molar-refractivity contribution in [2.24, 2.45) is 5.41 Å². The number of aromatic nitrogens is 1. The predicted molar refractivity (Wildman–Crippen MR) is 95.7 cm³/mol. The maximum Gasteiger partial charge on any atom is 0.416 e. The van der Waals surface area contributed by atoms with E-state index < -0.39 is 28.8 Å². The van der Waals surface area contributed by atoms with Crippen LogP contribution in [-0.4, -0.2) is 47.1 Å². The molecule has 2 amide bonds. The molecular formula is C19H24F3N3O3. The molecule has 3 rings (SSSR count). The Morgan fingerprint density at radius 2 is 1.96 bits per heavy atom. The molecule has 9 heteroatoms. The minimum absolute atomic E-state index is 0.00825. The zero-order valence-corrected chi connectivity index (χ0v) is 16.2. The molecule has 0 aromatic carbocycles. The first kappa shape index (κ1) is 20.4. The zero-order valence-electron chi connectivity index (χ0n) is 16.2. The molecular weight excluding hydrogens is 375 g/mol. The van der Waals surface area contributed by atoms with Crippen molar-refractivity contribution in [1.29, 1.82) is 0 Å². The van der Waals surface area contributed by atoms with Crippen LogP contribution in [0.3, 0.4) is 0 Å². The van der Waals surface area contributed by atoms with Gasteiger partial charge >= 0.3 is 12.3 Å². The van der Waals surface area contributed by atoms with Crippen molar-refractivity contribution in [1.82, 2.24) is 9.88 Å². The molecule has 2 aliphatic heterocycles. The number of hydrogen-bond acceptors (Lipinski definition) is 4. The van der Waals surface area contributed by atoms with Crippen LogP contribution in [0.15, 0.2) is 18.3 Å². The fourth-order valence-electron chi connectivity index (χ4n) is 3.81. The Kier molecular flexibility index (Phi) is 5.05. The van der Waals surface area contributed by atoms with Crippen LogP contribution in [-0.2, 0) is 15.7 Å². The smallest absolute Gasteiger partial charge is 0.416 e. The number of carbonyl (C=O) groups excluding carboxylic acids is 2. The summed E-state index contributed by atoms with van der Waals surface area (Å²) in [6, 6.07) is 1.77. The van der Waals surface area contributed by atoms with Crippen molar-refractivity contribution in [3.8, 4) is 0 Å². The Hall–Kier alpha value is -2.32. The largest absolute Gasteiger partial charge is 0.444 e. The van der Waals surface area contributed by atoms with E-state index in [1.165, 1.54) is 4.90 Å². The highest BCUT2D eigenvalue weighted by atomic mass is 19.4. The number of rotatable bonds is 1. The van der Waals surface area contributed by atoms with E-state index in [2.05, 4.69) is 4.98 Å². The van der Waals surface area contributed by atoms with Crippen LogP contribution < -0.4 is 4.90 Å². The number of carbonyl (C=O) groups is 2. The molecule has 2 aliphatic rings. The molecule has 6 nitrogen and oxygen atoms in total. The Balaban J connectivity index is 1.77. The van der Waals surface area contributed by atoms with Crippen LogP contribution in [0.25, 0.3) is 0 Å². The third-order valence-electron chi connectivity index (χ3n) is 4.98. The van der Waals surface area contributed by atoms with Gasteiger partial charge in [-0.1, -0.05) is 0 Å². The summed E-state index contributed by atoms with van der Waals surface area (Å²) in [5, 5.41) is 0. The average Bonchev–Trinajstić information content (AvgIpc) is 2.88. The summed E-state index contributed by atoms with van der Waals surface area (Å²) in [4.78, 5) is 31.8. The average molecular weight is 399 g/mol. The minimum Gasteiger partial charge on any atom is -0.444 e. The lowest BCUT2D eigenvalue weighted by Gasteiger charge is -2.40. The number of hydrogen-bond donors (Lipinski definition) is 0. The van der Waals surface area contributed by atoms with Crippen LogP contribution in [0.1, 0.15) is 45.6 Å². The van der Waals surface area contributed by atoms with Crippen molar-refractivity contribution < 1.29 is 27.5 Å². The first-order valence-corrected chi connectivity index (χ1v) is 9.20. The lowest BCUT2D eigenvalue weighted by atomic mass is 9.79. The molecule has 1 spiro atoms. The van der Waals surface area contributed by atoms with Gasteiger partial charge in [0.15, 0.2) is 0 Å². The highest BCUT2D eigenvalue weighted by Crippen LogP contribution is 2.42. The molecule has 1 unspecified atom stereocenters. The van der Waals surface area contributed by atoms with Crippen molar-refractivity contribution in [2.75, 3.05) is 24.5 Å². The lowest BCUT2D eigenvalue weighted by Crippen LogP contribution is -2.48. The van der Waals surface area contributed by atoms with E-state index in [1.54, 1.807) is 25.7 Å². The molecule has 2 fully saturated rings. The second-order valence-corrected chi connectivity index (χ2v) is 8.56. The lowest BCUT2D eigenvalue weighted by molar-refractivity contribution is -0.137. The van der Waals surface area contributed by atoms with Crippen LogP contribution in [0, 0.1) is 5.41 Å².